The Morgan fingerprint density at radius 2 is 1.72 bits per heavy atom. The molecule has 1 N–H and O–H groups in total. The van der Waals surface area contributed by atoms with Gasteiger partial charge < -0.3 is 9.84 Å². The van der Waals surface area contributed by atoms with E-state index >= 15 is 0 Å². The zero-order valence-corrected chi connectivity index (χ0v) is 14.1. The Morgan fingerprint density at radius 3 is 2.36 bits per heavy atom. The largest absolute Gasteiger partial charge is 0.463 e. The second kappa shape index (κ2) is 6.86. The van der Waals surface area contributed by atoms with E-state index in [1.54, 1.807) is 41.3 Å². The molecule has 0 bridgehead atoms. The lowest BCUT2D eigenvalue weighted by molar-refractivity contribution is -0.117. The van der Waals surface area contributed by atoms with Crippen molar-refractivity contribution in [1.82, 2.24) is 5.43 Å². The van der Waals surface area contributed by atoms with Crippen molar-refractivity contribution in [2.45, 2.75) is 9.79 Å². The quantitative estimate of drug-likeness (QED) is 0.571. The SMILES string of the molecule is O=C(CN/N=C/c1ccco1)N1c2ccccc2Sc2ccccc21. The fourth-order valence-corrected chi connectivity index (χ4v) is 3.70. The molecule has 1 amide bonds. The van der Waals surface area contributed by atoms with Crippen LogP contribution >= 0.6 is 11.8 Å². The van der Waals surface area contributed by atoms with Crippen molar-refractivity contribution in [3.63, 3.8) is 0 Å². The van der Waals surface area contributed by atoms with Gasteiger partial charge in [-0.25, -0.2) is 0 Å². The highest BCUT2D eigenvalue weighted by Gasteiger charge is 2.27. The summed E-state index contributed by atoms with van der Waals surface area (Å²) in [6, 6.07) is 19.4. The molecule has 0 spiro atoms. The van der Waals surface area contributed by atoms with Crippen molar-refractivity contribution in [1.29, 1.82) is 0 Å². The van der Waals surface area contributed by atoms with E-state index in [1.807, 2.05) is 48.5 Å². The standard InChI is InChI=1S/C19H15N3O2S/c23-19(13-21-20-12-14-6-5-11-24-14)22-15-7-1-3-9-17(15)25-18-10-4-2-8-16(18)22/h1-12,21H,13H2/b20-12+. The van der Waals surface area contributed by atoms with Crippen LogP contribution in [0.4, 0.5) is 11.4 Å². The Labute approximate surface area is 149 Å². The maximum Gasteiger partial charge on any atom is 0.252 e. The molecule has 0 fully saturated rings. The molecule has 5 nitrogen and oxygen atoms in total. The summed E-state index contributed by atoms with van der Waals surface area (Å²) in [6.45, 7) is 0.0878. The molecule has 25 heavy (non-hydrogen) atoms. The summed E-state index contributed by atoms with van der Waals surface area (Å²) >= 11 is 1.67. The fourth-order valence-electron chi connectivity index (χ4n) is 2.64. The number of fused-ring (bicyclic) bond motifs is 2. The first-order chi connectivity index (χ1) is 12.3. The van der Waals surface area contributed by atoms with Gasteiger partial charge in [-0.2, -0.15) is 5.10 Å². The Bertz CT molecular complexity index is 876. The minimum Gasteiger partial charge on any atom is -0.463 e. The Hall–Kier alpha value is -2.99. The highest BCUT2D eigenvalue weighted by Crippen LogP contribution is 2.47. The van der Waals surface area contributed by atoms with E-state index in [0.29, 0.717) is 5.76 Å². The van der Waals surface area contributed by atoms with Crippen LogP contribution in [0.2, 0.25) is 0 Å². The molecule has 2 aromatic carbocycles. The monoisotopic (exact) mass is 349 g/mol. The number of anilines is 2. The number of para-hydroxylation sites is 2. The van der Waals surface area contributed by atoms with Crippen LogP contribution < -0.4 is 10.3 Å². The van der Waals surface area contributed by atoms with Crippen LogP contribution in [0.25, 0.3) is 0 Å². The molecule has 124 valence electrons. The van der Waals surface area contributed by atoms with Crippen molar-refractivity contribution in [3.05, 3.63) is 72.7 Å². The number of hydrazone groups is 1. The first kappa shape index (κ1) is 15.5. The molecule has 1 aliphatic rings. The van der Waals surface area contributed by atoms with Crippen molar-refractivity contribution < 1.29 is 9.21 Å². The minimum absolute atomic E-state index is 0.0724. The number of furan rings is 1. The summed E-state index contributed by atoms with van der Waals surface area (Å²) in [5, 5.41) is 4.04. The summed E-state index contributed by atoms with van der Waals surface area (Å²) in [5.41, 5.74) is 4.59. The van der Waals surface area contributed by atoms with Crippen LogP contribution in [-0.2, 0) is 4.79 Å². The van der Waals surface area contributed by atoms with Crippen LogP contribution in [0, 0.1) is 0 Å². The van der Waals surface area contributed by atoms with Crippen molar-refractivity contribution >= 4 is 35.3 Å². The summed E-state index contributed by atoms with van der Waals surface area (Å²) < 4.78 is 5.16. The number of carbonyl (C=O) groups excluding carboxylic acids is 1. The van der Waals surface area contributed by atoms with E-state index in [4.69, 9.17) is 4.42 Å². The Morgan fingerprint density at radius 1 is 1.04 bits per heavy atom. The lowest BCUT2D eigenvalue weighted by atomic mass is 10.2. The molecule has 0 aliphatic carbocycles. The molecule has 0 saturated carbocycles. The van der Waals surface area contributed by atoms with E-state index in [1.165, 1.54) is 0 Å². The van der Waals surface area contributed by atoms with Gasteiger partial charge in [-0.15, -0.1) is 0 Å². The van der Waals surface area contributed by atoms with Gasteiger partial charge in [0.25, 0.3) is 5.91 Å². The maximum absolute atomic E-state index is 12.8. The molecular weight excluding hydrogens is 334 g/mol. The number of benzene rings is 2. The third kappa shape index (κ3) is 3.16. The number of hydrogen-bond acceptors (Lipinski definition) is 5. The third-order valence-corrected chi connectivity index (χ3v) is 4.87. The van der Waals surface area contributed by atoms with E-state index in [0.717, 1.165) is 21.2 Å². The van der Waals surface area contributed by atoms with E-state index in [9.17, 15) is 4.79 Å². The second-order valence-electron chi connectivity index (χ2n) is 5.38. The average molecular weight is 349 g/mol. The van der Waals surface area contributed by atoms with Crippen molar-refractivity contribution in [2.75, 3.05) is 11.4 Å². The number of amides is 1. The Kier molecular flexibility index (Phi) is 4.26. The molecule has 0 radical (unpaired) electrons. The normalized spacial score (nSPS) is 12.7. The smallest absolute Gasteiger partial charge is 0.252 e. The molecule has 1 aliphatic heterocycles. The van der Waals surface area contributed by atoms with E-state index < -0.39 is 0 Å². The Balaban J connectivity index is 1.55. The first-order valence-corrected chi connectivity index (χ1v) is 8.63. The first-order valence-electron chi connectivity index (χ1n) is 7.81. The minimum atomic E-state index is -0.0724. The van der Waals surface area contributed by atoms with E-state index in [2.05, 4.69) is 10.5 Å². The maximum atomic E-state index is 12.8. The average Bonchev–Trinajstić information content (AvgIpc) is 3.16. The van der Waals surface area contributed by atoms with Crippen LogP contribution in [0.5, 0.6) is 0 Å². The number of hydrogen-bond donors (Lipinski definition) is 1. The van der Waals surface area contributed by atoms with Crippen molar-refractivity contribution in [3.8, 4) is 0 Å². The zero-order chi connectivity index (χ0) is 17.1. The third-order valence-electron chi connectivity index (χ3n) is 3.74. The molecule has 1 aromatic heterocycles. The lowest BCUT2D eigenvalue weighted by Crippen LogP contribution is -2.35. The summed E-state index contributed by atoms with van der Waals surface area (Å²) in [4.78, 5) is 16.7. The van der Waals surface area contributed by atoms with E-state index in [-0.39, 0.29) is 12.5 Å². The van der Waals surface area contributed by atoms with Gasteiger partial charge in [0, 0.05) is 9.79 Å². The van der Waals surface area contributed by atoms with Crippen LogP contribution in [-0.4, -0.2) is 18.7 Å². The number of nitrogens with one attached hydrogen (secondary N) is 1. The predicted molar refractivity (Wildman–Crippen MR) is 98.5 cm³/mol. The summed E-state index contributed by atoms with van der Waals surface area (Å²) in [7, 11) is 0. The molecule has 3 aromatic rings. The summed E-state index contributed by atoms with van der Waals surface area (Å²) in [6.07, 6.45) is 3.12. The van der Waals surface area contributed by atoms with Crippen LogP contribution in [0.3, 0.4) is 0 Å². The fraction of sp³-hybridized carbons (Fsp3) is 0.0526. The van der Waals surface area contributed by atoms with Gasteiger partial charge in [-0.05, 0) is 36.4 Å². The molecule has 0 atom stereocenters. The van der Waals surface area contributed by atoms with Gasteiger partial charge >= 0.3 is 0 Å². The van der Waals surface area contributed by atoms with Gasteiger partial charge in [-0.1, -0.05) is 36.0 Å². The van der Waals surface area contributed by atoms with Gasteiger partial charge in [0.2, 0.25) is 0 Å². The van der Waals surface area contributed by atoms with Crippen LogP contribution in [0.15, 0.2) is 86.2 Å². The molecular formula is C19H15N3O2S. The second-order valence-corrected chi connectivity index (χ2v) is 6.46. The highest BCUT2D eigenvalue weighted by molar-refractivity contribution is 7.99. The topological polar surface area (TPSA) is 57.8 Å². The molecule has 6 heteroatoms. The predicted octanol–water partition coefficient (Wildman–Crippen LogP) is 4.03. The molecule has 0 unspecified atom stereocenters. The van der Waals surface area contributed by atoms with Gasteiger partial charge in [0.1, 0.15) is 12.3 Å². The van der Waals surface area contributed by atoms with Gasteiger partial charge in [-0.3, -0.25) is 9.69 Å². The number of carbonyl (C=O) groups is 1. The molecule has 0 saturated heterocycles. The zero-order valence-electron chi connectivity index (χ0n) is 13.3. The van der Waals surface area contributed by atoms with Crippen LogP contribution in [0.1, 0.15) is 5.76 Å². The lowest BCUT2D eigenvalue weighted by Gasteiger charge is -2.30. The summed E-state index contributed by atoms with van der Waals surface area (Å²) in [5.74, 6) is 0.557. The number of rotatable bonds is 4. The van der Waals surface area contributed by atoms with Gasteiger partial charge in [0.05, 0.1) is 23.9 Å². The van der Waals surface area contributed by atoms with Crippen molar-refractivity contribution in [2.24, 2.45) is 5.10 Å². The number of nitrogens with zero attached hydrogens (tertiary/aromatic N) is 2. The molecule has 2 heterocycles. The molecule has 4 rings (SSSR count). The van der Waals surface area contributed by atoms with Gasteiger partial charge in [0.15, 0.2) is 0 Å². The highest BCUT2D eigenvalue weighted by atomic mass is 32.2.